The lowest BCUT2D eigenvalue weighted by molar-refractivity contribution is -0.118. The molecule has 9 nitrogen and oxygen atoms in total. The second-order valence-corrected chi connectivity index (χ2v) is 10.7. The summed E-state index contributed by atoms with van der Waals surface area (Å²) in [5.74, 6) is 1.38. The van der Waals surface area contributed by atoms with Gasteiger partial charge in [-0.15, -0.1) is 10.2 Å². The molecule has 0 saturated carbocycles. The van der Waals surface area contributed by atoms with Gasteiger partial charge in [0.25, 0.3) is 5.91 Å². The molecule has 218 valence electrons. The molecule has 6 rings (SSSR count). The van der Waals surface area contributed by atoms with Gasteiger partial charge in [-0.3, -0.25) is 9.36 Å². The van der Waals surface area contributed by atoms with Gasteiger partial charge >= 0.3 is 0 Å². The summed E-state index contributed by atoms with van der Waals surface area (Å²) in [5, 5.41) is 18.1. The van der Waals surface area contributed by atoms with Gasteiger partial charge in [0.2, 0.25) is 0 Å². The fourth-order valence-electron chi connectivity index (χ4n) is 4.52. The van der Waals surface area contributed by atoms with Crippen molar-refractivity contribution in [2.75, 3.05) is 5.75 Å². The number of amides is 1. The Labute approximate surface area is 259 Å². The maximum atomic E-state index is 12.7. The molecule has 2 heterocycles. The summed E-state index contributed by atoms with van der Waals surface area (Å²) < 4.78 is 9.67. The van der Waals surface area contributed by atoms with Crippen molar-refractivity contribution in [3.8, 4) is 28.4 Å². The number of aryl methyl sites for hydroxylation is 1. The van der Waals surface area contributed by atoms with Gasteiger partial charge in [0.1, 0.15) is 23.9 Å². The van der Waals surface area contributed by atoms with Crippen LogP contribution in [0, 0.1) is 6.92 Å². The number of ether oxygens (including phenoxy) is 1. The number of hydrazone groups is 1. The topological polar surface area (TPSA) is 99.2 Å². The number of thioether (sulfide) groups is 1. The Kier molecular flexibility index (Phi) is 8.89. The van der Waals surface area contributed by atoms with Crippen LogP contribution in [-0.4, -0.2) is 42.4 Å². The normalized spacial score (nSPS) is 11.1. The Morgan fingerprint density at radius 1 is 0.864 bits per heavy atom. The molecule has 2 aromatic heterocycles. The maximum absolute atomic E-state index is 12.7. The van der Waals surface area contributed by atoms with Crippen molar-refractivity contribution in [2.45, 2.75) is 18.7 Å². The highest BCUT2D eigenvalue weighted by atomic mass is 32.2. The third-order valence-corrected chi connectivity index (χ3v) is 7.60. The summed E-state index contributed by atoms with van der Waals surface area (Å²) in [7, 11) is 0. The van der Waals surface area contributed by atoms with E-state index in [1.807, 2.05) is 133 Å². The first kappa shape index (κ1) is 28.6. The Balaban J connectivity index is 1.15. The van der Waals surface area contributed by atoms with Gasteiger partial charge in [0.05, 0.1) is 17.7 Å². The number of hydrogen-bond donors (Lipinski definition) is 1. The molecule has 0 saturated heterocycles. The van der Waals surface area contributed by atoms with Crippen molar-refractivity contribution in [1.29, 1.82) is 0 Å². The van der Waals surface area contributed by atoms with Gasteiger partial charge in [0.15, 0.2) is 5.16 Å². The van der Waals surface area contributed by atoms with E-state index >= 15 is 0 Å². The number of nitrogens with zero attached hydrogens (tertiary/aromatic N) is 6. The van der Waals surface area contributed by atoms with E-state index in [9.17, 15) is 4.79 Å². The maximum Gasteiger partial charge on any atom is 0.250 e. The molecular formula is C34H29N7O2S. The number of carbonyl (C=O) groups is 1. The van der Waals surface area contributed by atoms with E-state index in [0.29, 0.717) is 11.8 Å². The quantitative estimate of drug-likeness (QED) is 0.107. The van der Waals surface area contributed by atoms with Crippen molar-refractivity contribution in [3.05, 3.63) is 138 Å². The minimum absolute atomic E-state index is 0.128. The Morgan fingerprint density at radius 3 is 2.23 bits per heavy atom. The summed E-state index contributed by atoms with van der Waals surface area (Å²) in [5.41, 5.74) is 7.95. The molecule has 1 amide bonds. The van der Waals surface area contributed by atoms with Gasteiger partial charge in [0, 0.05) is 23.0 Å². The van der Waals surface area contributed by atoms with Crippen LogP contribution in [0.3, 0.4) is 0 Å². The lowest BCUT2D eigenvalue weighted by Gasteiger charge is -2.07. The number of para-hydroxylation sites is 2. The molecule has 6 aromatic rings. The minimum atomic E-state index is -0.261. The second kappa shape index (κ2) is 13.7. The second-order valence-electron chi connectivity index (χ2n) is 9.79. The van der Waals surface area contributed by atoms with E-state index < -0.39 is 0 Å². The summed E-state index contributed by atoms with van der Waals surface area (Å²) >= 11 is 1.30. The average molecular weight is 600 g/mol. The molecule has 10 heteroatoms. The third-order valence-electron chi connectivity index (χ3n) is 6.67. The predicted molar refractivity (Wildman–Crippen MR) is 172 cm³/mol. The van der Waals surface area contributed by atoms with Crippen molar-refractivity contribution >= 4 is 23.9 Å². The molecule has 0 unspecified atom stereocenters. The van der Waals surface area contributed by atoms with Crippen LogP contribution in [0.2, 0.25) is 0 Å². The Bertz CT molecular complexity index is 1850. The van der Waals surface area contributed by atoms with Gasteiger partial charge in [-0.05, 0) is 61.0 Å². The molecule has 1 N–H and O–H groups in total. The molecule has 0 aliphatic carbocycles. The van der Waals surface area contributed by atoms with Crippen molar-refractivity contribution in [2.24, 2.45) is 5.10 Å². The lowest BCUT2D eigenvalue weighted by Crippen LogP contribution is -2.20. The highest BCUT2D eigenvalue weighted by Gasteiger charge is 2.14. The van der Waals surface area contributed by atoms with Crippen molar-refractivity contribution < 1.29 is 9.53 Å². The van der Waals surface area contributed by atoms with Crippen LogP contribution in [0.25, 0.3) is 22.6 Å². The van der Waals surface area contributed by atoms with E-state index in [0.717, 1.165) is 45.3 Å². The zero-order valence-corrected chi connectivity index (χ0v) is 24.8. The van der Waals surface area contributed by atoms with Crippen LogP contribution < -0.4 is 10.2 Å². The van der Waals surface area contributed by atoms with Gasteiger partial charge in [-0.25, -0.2) is 10.1 Å². The first-order valence-corrected chi connectivity index (χ1v) is 15.0. The SMILES string of the molecule is Cc1nnc(SCC(=O)NN=Cc2cn(-c3ccccc3)nc2-c2ccc(OCc3ccccc3)cc2)n1-c1ccccc1. The fourth-order valence-corrected chi connectivity index (χ4v) is 5.31. The molecular weight excluding hydrogens is 570 g/mol. The molecule has 4 aromatic carbocycles. The number of benzene rings is 4. The zero-order valence-electron chi connectivity index (χ0n) is 23.9. The average Bonchev–Trinajstić information content (AvgIpc) is 3.67. The predicted octanol–water partition coefficient (Wildman–Crippen LogP) is 6.25. The monoisotopic (exact) mass is 599 g/mol. The van der Waals surface area contributed by atoms with Crippen LogP contribution in [0.4, 0.5) is 0 Å². The largest absolute Gasteiger partial charge is 0.489 e. The molecule has 44 heavy (non-hydrogen) atoms. The molecule has 0 bridgehead atoms. The van der Waals surface area contributed by atoms with Crippen LogP contribution in [0.15, 0.2) is 132 Å². The van der Waals surface area contributed by atoms with Crippen LogP contribution in [0.5, 0.6) is 5.75 Å². The number of aromatic nitrogens is 5. The van der Waals surface area contributed by atoms with E-state index in [1.165, 1.54) is 11.8 Å². The summed E-state index contributed by atoms with van der Waals surface area (Å²) in [6, 6.07) is 37.5. The van der Waals surface area contributed by atoms with E-state index in [4.69, 9.17) is 9.84 Å². The van der Waals surface area contributed by atoms with Crippen LogP contribution in [-0.2, 0) is 11.4 Å². The van der Waals surface area contributed by atoms with E-state index in [2.05, 4.69) is 20.7 Å². The fraction of sp³-hybridized carbons (Fsp3) is 0.0882. The number of nitrogens with one attached hydrogen (secondary N) is 1. The molecule has 0 fully saturated rings. The van der Waals surface area contributed by atoms with E-state index in [-0.39, 0.29) is 11.7 Å². The van der Waals surface area contributed by atoms with Gasteiger partial charge in [-0.2, -0.15) is 10.2 Å². The zero-order chi connectivity index (χ0) is 30.1. The molecule has 0 aliphatic rings. The van der Waals surface area contributed by atoms with Crippen molar-refractivity contribution in [3.63, 3.8) is 0 Å². The first-order valence-electron chi connectivity index (χ1n) is 14.0. The Hall–Kier alpha value is -5.48. The Morgan fingerprint density at radius 2 is 1.52 bits per heavy atom. The number of carbonyl (C=O) groups excluding carboxylic acids is 1. The van der Waals surface area contributed by atoms with Crippen LogP contribution in [0.1, 0.15) is 17.0 Å². The smallest absolute Gasteiger partial charge is 0.250 e. The van der Waals surface area contributed by atoms with Crippen molar-refractivity contribution in [1.82, 2.24) is 30.0 Å². The molecule has 0 atom stereocenters. The summed E-state index contributed by atoms with van der Waals surface area (Å²) in [4.78, 5) is 12.7. The van der Waals surface area contributed by atoms with Gasteiger partial charge in [-0.1, -0.05) is 78.5 Å². The summed E-state index contributed by atoms with van der Waals surface area (Å²) in [6.07, 6.45) is 3.50. The van der Waals surface area contributed by atoms with E-state index in [1.54, 1.807) is 10.9 Å². The number of rotatable bonds is 11. The summed E-state index contributed by atoms with van der Waals surface area (Å²) in [6.45, 7) is 2.37. The minimum Gasteiger partial charge on any atom is -0.489 e. The molecule has 0 spiro atoms. The standard InChI is InChI=1S/C34H29N7O2S/c1-25-36-38-34(41(25)30-15-9-4-10-16-30)44-24-32(42)37-35-21-28-22-40(29-13-7-3-8-14-29)39-33(28)27-17-19-31(20-18-27)43-23-26-11-5-2-6-12-26/h2-22H,23-24H2,1H3,(H,37,42). The van der Waals surface area contributed by atoms with Crippen LogP contribution >= 0.6 is 11.8 Å². The highest BCUT2D eigenvalue weighted by molar-refractivity contribution is 7.99. The molecule has 0 aliphatic heterocycles. The van der Waals surface area contributed by atoms with Gasteiger partial charge < -0.3 is 4.74 Å². The lowest BCUT2D eigenvalue weighted by atomic mass is 10.1. The third kappa shape index (κ3) is 6.93. The molecule has 0 radical (unpaired) electrons. The number of hydrogen-bond acceptors (Lipinski definition) is 7. The first-order chi connectivity index (χ1) is 21.6. The highest BCUT2D eigenvalue weighted by Crippen LogP contribution is 2.26.